The quantitative estimate of drug-likeness (QED) is 0.798. The molecule has 3 rings (SSSR count). The van der Waals surface area contributed by atoms with Crippen molar-refractivity contribution in [1.29, 1.82) is 0 Å². The van der Waals surface area contributed by atoms with Gasteiger partial charge in [-0.15, -0.1) is 0 Å². The van der Waals surface area contributed by atoms with Crippen molar-refractivity contribution < 1.29 is 19.0 Å². The molecule has 0 bridgehead atoms. The molecule has 1 aromatic carbocycles. The lowest BCUT2D eigenvalue weighted by atomic mass is 9.81. The zero-order chi connectivity index (χ0) is 16.3. The molecule has 0 N–H and O–H groups in total. The summed E-state index contributed by atoms with van der Waals surface area (Å²) in [5.74, 6) is 0.953. The molecule has 2 aliphatic rings. The molecule has 2 aliphatic heterocycles. The lowest BCUT2D eigenvalue weighted by Gasteiger charge is -2.50. The molecule has 1 atom stereocenters. The number of amides is 1. The molecule has 0 unspecified atom stereocenters. The zero-order valence-corrected chi connectivity index (χ0v) is 14.1. The number of benzene rings is 1. The van der Waals surface area contributed by atoms with Gasteiger partial charge in [0.2, 0.25) is 0 Å². The molecule has 0 aromatic heterocycles. The molecular weight excluding hydrogens is 318 g/mol. The molecule has 1 aromatic rings. The van der Waals surface area contributed by atoms with E-state index in [1.165, 1.54) is 0 Å². The van der Waals surface area contributed by atoms with E-state index in [-0.39, 0.29) is 18.1 Å². The van der Waals surface area contributed by atoms with Crippen molar-refractivity contribution in [2.24, 2.45) is 5.92 Å². The van der Waals surface area contributed by atoms with Gasteiger partial charge in [-0.2, -0.15) is 0 Å². The van der Waals surface area contributed by atoms with E-state index in [9.17, 15) is 4.79 Å². The second-order valence-electron chi connectivity index (χ2n) is 6.05. The van der Waals surface area contributed by atoms with E-state index in [1.54, 1.807) is 29.2 Å². The number of ether oxygens (including phenoxy) is 3. The molecule has 5 nitrogen and oxygen atoms in total. The molecular formula is C17H22ClNO4. The smallest absolute Gasteiger partial charge is 0.260 e. The molecule has 126 valence electrons. The molecule has 1 amide bonds. The number of halogens is 1. The average molecular weight is 340 g/mol. The summed E-state index contributed by atoms with van der Waals surface area (Å²) in [7, 11) is 0. The third-order valence-corrected chi connectivity index (χ3v) is 4.79. The maximum Gasteiger partial charge on any atom is 0.260 e. The van der Waals surface area contributed by atoms with Gasteiger partial charge in [-0.1, -0.05) is 17.7 Å². The summed E-state index contributed by atoms with van der Waals surface area (Å²) in [5.41, 5.74) is -0.207. The van der Waals surface area contributed by atoms with Crippen molar-refractivity contribution in [2.45, 2.75) is 18.9 Å². The van der Waals surface area contributed by atoms with Crippen LogP contribution in [0.25, 0.3) is 0 Å². The molecule has 1 spiro atoms. The minimum absolute atomic E-state index is 0.0204. The Morgan fingerprint density at radius 1 is 1.48 bits per heavy atom. The van der Waals surface area contributed by atoms with Crippen LogP contribution in [0, 0.1) is 5.92 Å². The molecule has 0 saturated carbocycles. The van der Waals surface area contributed by atoms with Gasteiger partial charge in [0, 0.05) is 24.2 Å². The molecule has 2 fully saturated rings. The minimum atomic E-state index is -0.207. The van der Waals surface area contributed by atoms with Crippen molar-refractivity contribution in [3.05, 3.63) is 29.3 Å². The van der Waals surface area contributed by atoms with E-state index in [0.717, 1.165) is 13.0 Å². The highest BCUT2D eigenvalue weighted by Crippen LogP contribution is 2.40. The average Bonchev–Trinajstić information content (AvgIpc) is 2.93. The van der Waals surface area contributed by atoms with Gasteiger partial charge in [0.15, 0.2) is 6.61 Å². The SMILES string of the molecule is CCOC[C@@H]1CCOC12CN(C(=O)COc1cccc(Cl)c1)C2. The van der Waals surface area contributed by atoms with Crippen LogP contribution in [0.1, 0.15) is 13.3 Å². The van der Waals surface area contributed by atoms with Gasteiger partial charge in [-0.25, -0.2) is 0 Å². The molecule has 0 radical (unpaired) electrons. The highest BCUT2D eigenvalue weighted by atomic mass is 35.5. The Balaban J connectivity index is 1.47. The van der Waals surface area contributed by atoms with E-state index in [4.69, 9.17) is 25.8 Å². The van der Waals surface area contributed by atoms with Gasteiger partial charge in [-0.3, -0.25) is 4.79 Å². The predicted molar refractivity (Wildman–Crippen MR) is 86.8 cm³/mol. The molecule has 2 heterocycles. The highest BCUT2D eigenvalue weighted by molar-refractivity contribution is 6.30. The normalized spacial score (nSPS) is 22.2. The van der Waals surface area contributed by atoms with Crippen LogP contribution in [0.2, 0.25) is 5.02 Å². The van der Waals surface area contributed by atoms with E-state index in [1.807, 2.05) is 6.92 Å². The third-order valence-electron chi connectivity index (χ3n) is 4.55. The number of carbonyl (C=O) groups excluding carboxylic acids is 1. The van der Waals surface area contributed by atoms with Crippen molar-refractivity contribution in [3.8, 4) is 5.75 Å². The van der Waals surface area contributed by atoms with Gasteiger partial charge in [0.05, 0.1) is 19.7 Å². The highest BCUT2D eigenvalue weighted by Gasteiger charge is 2.54. The van der Waals surface area contributed by atoms with Crippen molar-refractivity contribution in [2.75, 3.05) is 39.5 Å². The van der Waals surface area contributed by atoms with E-state index < -0.39 is 0 Å². The summed E-state index contributed by atoms with van der Waals surface area (Å²) in [4.78, 5) is 14.0. The van der Waals surface area contributed by atoms with Crippen LogP contribution in [0.5, 0.6) is 5.75 Å². The summed E-state index contributed by atoms with van der Waals surface area (Å²) < 4.78 is 17.0. The van der Waals surface area contributed by atoms with Gasteiger partial charge in [0.1, 0.15) is 11.4 Å². The summed E-state index contributed by atoms with van der Waals surface area (Å²) in [5, 5.41) is 0.593. The van der Waals surface area contributed by atoms with Crippen LogP contribution in [0.15, 0.2) is 24.3 Å². The topological polar surface area (TPSA) is 48.0 Å². The van der Waals surface area contributed by atoms with Crippen molar-refractivity contribution in [3.63, 3.8) is 0 Å². The first kappa shape index (κ1) is 16.6. The first-order valence-corrected chi connectivity index (χ1v) is 8.38. The van der Waals surface area contributed by atoms with Crippen LogP contribution >= 0.6 is 11.6 Å². The minimum Gasteiger partial charge on any atom is -0.484 e. The fourth-order valence-corrected chi connectivity index (χ4v) is 3.38. The Bertz CT molecular complexity index is 559. The number of likely N-dealkylation sites (tertiary alicyclic amines) is 1. The second kappa shape index (κ2) is 7.07. The Kier molecular flexibility index (Phi) is 5.09. The number of nitrogens with zero attached hydrogens (tertiary/aromatic N) is 1. The largest absolute Gasteiger partial charge is 0.484 e. The van der Waals surface area contributed by atoms with Crippen LogP contribution in [0.3, 0.4) is 0 Å². The Morgan fingerprint density at radius 3 is 3.04 bits per heavy atom. The monoisotopic (exact) mass is 339 g/mol. The summed E-state index contributed by atoms with van der Waals surface area (Å²) in [6.07, 6.45) is 1.00. The Hall–Kier alpha value is -1.30. The lowest BCUT2D eigenvalue weighted by Crippen LogP contribution is -2.67. The van der Waals surface area contributed by atoms with Crippen molar-refractivity contribution >= 4 is 17.5 Å². The van der Waals surface area contributed by atoms with Gasteiger partial charge in [0.25, 0.3) is 5.91 Å². The number of rotatable bonds is 6. The maximum absolute atomic E-state index is 12.2. The van der Waals surface area contributed by atoms with Gasteiger partial charge in [-0.05, 0) is 31.5 Å². The number of hydrogen-bond acceptors (Lipinski definition) is 4. The van der Waals surface area contributed by atoms with Crippen LogP contribution in [-0.4, -0.2) is 55.9 Å². The molecule has 6 heteroatoms. The van der Waals surface area contributed by atoms with Gasteiger partial charge < -0.3 is 19.1 Å². The first-order valence-electron chi connectivity index (χ1n) is 8.01. The molecule has 2 saturated heterocycles. The molecule has 23 heavy (non-hydrogen) atoms. The van der Waals surface area contributed by atoms with Crippen LogP contribution in [0.4, 0.5) is 0 Å². The van der Waals surface area contributed by atoms with Crippen LogP contribution in [-0.2, 0) is 14.3 Å². The fourth-order valence-electron chi connectivity index (χ4n) is 3.20. The maximum atomic E-state index is 12.2. The Morgan fingerprint density at radius 2 is 2.30 bits per heavy atom. The standard InChI is InChI=1S/C17H22ClNO4/c1-2-21-9-13-6-7-23-17(13)11-19(12-17)16(20)10-22-15-5-3-4-14(18)8-15/h3-5,8,13H,2,6-7,9-12H2,1H3/t13-/m0/s1. The predicted octanol–water partition coefficient (Wildman–Crippen LogP) is 2.37. The summed E-state index contributed by atoms with van der Waals surface area (Å²) in [6, 6.07) is 7.05. The summed E-state index contributed by atoms with van der Waals surface area (Å²) in [6.45, 7) is 5.43. The van der Waals surface area contributed by atoms with E-state index in [0.29, 0.717) is 43.0 Å². The number of hydrogen-bond donors (Lipinski definition) is 0. The van der Waals surface area contributed by atoms with Gasteiger partial charge >= 0.3 is 0 Å². The van der Waals surface area contributed by atoms with E-state index >= 15 is 0 Å². The zero-order valence-electron chi connectivity index (χ0n) is 13.3. The third kappa shape index (κ3) is 3.62. The Labute approximate surface area is 141 Å². The van der Waals surface area contributed by atoms with Crippen LogP contribution < -0.4 is 4.74 Å². The fraction of sp³-hybridized carbons (Fsp3) is 0.588. The van der Waals surface area contributed by atoms with Crippen molar-refractivity contribution in [1.82, 2.24) is 4.90 Å². The lowest BCUT2D eigenvalue weighted by molar-refractivity contribution is -0.170. The van der Waals surface area contributed by atoms with E-state index in [2.05, 4.69) is 0 Å². The summed E-state index contributed by atoms with van der Waals surface area (Å²) >= 11 is 5.90. The second-order valence-corrected chi connectivity index (χ2v) is 6.49. The number of carbonyl (C=O) groups is 1. The first-order chi connectivity index (χ1) is 11.1. The molecule has 0 aliphatic carbocycles.